The first-order valence-electron chi connectivity index (χ1n) is 7.43. The van der Waals surface area contributed by atoms with Crippen LogP contribution in [0.5, 0.6) is 0 Å². The van der Waals surface area contributed by atoms with E-state index in [0.717, 1.165) is 25.7 Å². The van der Waals surface area contributed by atoms with Crippen LogP contribution in [0.1, 0.15) is 44.7 Å². The van der Waals surface area contributed by atoms with E-state index in [1.54, 1.807) is 0 Å². The third-order valence-electron chi connectivity index (χ3n) is 3.46. The van der Waals surface area contributed by atoms with Crippen molar-refractivity contribution in [2.75, 3.05) is 13.6 Å². The van der Waals surface area contributed by atoms with Crippen LogP contribution >= 0.6 is 0 Å². The van der Waals surface area contributed by atoms with Crippen molar-refractivity contribution >= 4 is 0 Å². The van der Waals surface area contributed by atoms with Crippen molar-refractivity contribution in [1.82, 2.24) is 10.2 Å². The highest BCUT2D eigenvalue weighted by Gasteiger charge is 2.20. The van der Waals surface area contributed by atoms with E-state index in [0.29, 0.717) is 5.41 Å². The quantitative estimate of drug-likeness (QED) is 0.843. The van der Waals surface area contributed by atoms with Crippen molar-refractivity contribution in [3.05, 3.63) is 35.4 Å². The van der Waals surface area contributed by atoms with Gasteiger partial charge in [-0.15, -0.1) is 0 Å². The number of hydrogen-bond donors (Lipinski definition) is 1. The molecule has 0 heterocycles. The molecule has 1 saturated carbocycles. The molecule has 0 spiro atoms. The van der Waals surface area contributed by atoms with Crippen LogP contribution in [0.4, 0.5) is 0 Å². The van der Waals surface area contributed by atoms with Gasteiger partial charge >= 0.3 is 0 Å². The molecule has 2 nitrogen and oxygen atoms in total. The largest absolute Gasteiger partial charge is 0.310 e. The minimum atomic E-state index is 0.357. The van der Waals surface area contributed by atoms with Crippen LogP contribution in [0.15, 0.2) is 24.3 Å². The predicted molar refractivity (Wildman–Crippen MR) is 82.1 cm³/mol. The van der Waals surface area contributed by atoms with E-state index in [1.165, 1.54) is 24.0 Å². The number of nitrogens with zero attached hydrogens (tertiary/aromatic N) is 1. The third-order valence-corrected chi connectivity index (χ3v) is 3.46. The van der Waals surface area contributed by atoms with Gasteiger partial charge in [-0.1, -0.05) is 45.0 Å². The Bertz CT molecular complexity index is 402. The van der Waals surface area contributed by atoms with E-state index in [9.17, 15) is 0 Å². The molecule has 0 aliphatic heterocycles. The third kappa shape index (κ3) is 5.33. The van der Waals surface area contributed by atoms with Crippen LogP contribution in [0.3, 0.4) is 0 Å². The number of nitrogens with one attached hydrogen (secondary N) is 1. The van der Waals surface area contributed by atoms with Gasteiger partial charge in [0.25, 0.3) is 0 Å². The van der Waals surface area contributed by atoms with Crippen molar-refractivity contribution in [1.29, 1.82) is 0 Å². The molecule has 0 saturated heterocycles. The lowest BCUT2D eigenvalue weighted by Gasteiger charge is -2.27. The van der Waals surface area contributed by atoms with Crippen LogP contribution in [0.2, 0.25) is 0 Å². The van der Waals surface area contributed by atoms with Crippen LogP contribution < -0.4 is 5.32 Å². The Labute approximate surface area is 118 Å². The normalized spacial score (nSPS) is 16.1. The monoisotopic (exact) mass is 260 g/mol. The fourth-order valence-electron chi connectivity index (χ4n) is 2.58. The summed E-state index contributed by atoms with van der Waals surface area (Å²) in [6, 6.07) is 9.61. The lowest BCUT2D eigenvalue weighted by atomic mass is 9.96. The lowest BCUT2D eigenvalue weighted by Crippen LogP contribution is -2.29. The summed E-state index contributed by atoms with van der Waals surface area (Å²) < 4.78 is 0. The summed E-state index contributed by atoms with van der Waals surface area (Å²) in [6.07, 6.45) is 2.71. The molecular formula is C17H28N2. The molecule has 0 radical (unpaired) electrons. The molecule has 1 aliphatic carbocycles. The zero-order chi connectivity index (χ0) is 13.9. The van der Waals surface area contributed by atoms with Crippen molar-refractivity contribution < 1.29 is 0 Å². The fraction of sp³-hybridized carbons (Fsp3) is 0.647. The highest BCUT2D eigenvalue weighted by atomic mass is 15.1. The van der Waals surface area contributed by atoms with Gasteiger partial charge in [-0.3, -0.25) is 0 Å². The van der Waals surface area contributed by atoms with Gasteiger partial charge in [-0.2, -0.15) is 0 Å². The van der Waals surface area contributed by atoms with Gasteiger partial charge in [0.1, 0.15) is 0 Å². The van der Waals surface area contributed by atoms with Gasteiger partial charge in [0.2, 0.25) is 0 Å². The maximum Gasteiger partial charge on any atom is 0.0234 e. The topological polar surface area (TPSA) is 15.3 Å². The minimum absolute atomic E-state index is 0.357. The molecule has 0 amide bonds. The molecule has 106 valence electrons. The first-order valence-corrected chi connectivity index (χ1v) is 7.43. The fourth-order valence-corrected chi connectivity index (χ4v) is 2.58. The Kier molecular flexibility index (Phi) is 4.64. The minimum Gasteiger partial charge on any atom is -0.310 e. The van der Waals surface area contributed by atoms with E-state index >= 15 is 0 Å². The van der Waals surface area contributed by atoms with E-state index in [2.05, 4.69) is 62.3 Å². The average molecular weight is 260 g/mol. The van der Waals surface area contributed by atoms with E-state index in [-0.39, 0.29) is 0 Å². The van der Waals surface area contributed by atoms with Crippen molar-refractivity contribution in [3.63, 3.8) is 0 Å². The Balaban J connectivity index is 1.94. The zero-order valence-corrected chi connectivity index (χ0v) is 12.9. The molecule has 0 bridgehead atoms. The summed E-state index contributed by atoms with van der Waals surface area (Å²) in [7, 11) is 2.22. The van der Waals surface area contributed by atoms with Gasteiger partial charge in [-0.05, 0) is 36.4 Å². The first kappa shape index (κ1) is 14.5. The average Bonchev–Trinajstić information content (AvgIpc) is 3.09. The number of rotatable bonds is 6. The summed E-state index contributed by atoms with van der Waals surface area (Å²) in [5, 5.41) is 3.62. The Hall–Kier alpha value is -0.860. The second kappa shape index (κ2) is 6.06. The molecule has 1 aliphatic rings. The summed E-state index contributed by atoms with van der Waals surface area (Å²) in [4.78, 5) is 2.43. The van der Waals surface area contributed by atoms with Crippen LogP contribution in [0, 0.1) is 5.41 Å². The molecule has 1 aromatic carbocycles. The van der Waals surface area contributed by atoms with Gasteiger partial charge in [0.15, 0.2) is 0 Å². The van der Waals surface area contributed by atoms with E-state index < -0.39 is 0 Å². The van der Waals surface area contributed by atoms with Crippen LogP contribution in [-0.4, -0.2) is 24.5 Å². The molecule has 0 atom stereocenters. The van der Waals surface area contributed by atoms with Gasteiger partial charge in [-0.25, -0.2) is 0 Å². The molecule has 1 N–H and O–H groups in total. The smallest absolute Gasteiger partial charge is 0.0234 e. The molecule has 2 heteroatoms. The number of hydrogen-bond acceptors (Lipinski definition) is 2. The second-order valence-corrected chi connectivity index (χ2v) is 7.16. The molecule has 0 unspecified atom stereocenters. The number of benzene rings is 1. The van der Waals surface area contributed by atoms with Crippen molar-refractivity contribution in [3.8, 4) is 0 Å². The molecule has 19 heavy (non-hydrogen) atoms. The maximum atomic E-state index is 3.62. The molecule has 0 aromatic heterocycles. The lowest BCUT2D eigenvalue weighted by molar-refractivity contribution is 0.220. The van der Waals surface area contributed by atoms with Gasteiger partial charge in [0, 0.05) is 25.7 Å². The van der Waals surface area contributed by atoms with Crippen LogP contribution in [0.25, 0.3) is 0 Å². The highest BCUT2D eigenvalue weighted by molar-refractivity contribution is 5.27. The summed E-state index contributed by atoms with van der Waals surface area (Å²) in [5.74, 6) is 0. The Morgan fingerprint density at radius 2 is 1.79 bits per heavy atom. The SMILES string of the molecule is CN(Cc1ccccc1CNC1CC1)CC(C)(C)C. The zero-order valence-electron chi connectivity index (χ0n) is 12.9. The molecular weight excluding hydrogens is 232 g/mol. The van der Waals surface area contributed by atoms with Gasteiger partial charge in [0.05, 0.1) is 0 Å². The maximum absolute atomic E-state index is 3.62. The van der Waals surface area contributed by atoms with Crippen LogP contribution in [-0.2, 0) is 13.1 Å². The van der Waals surface area contributed by atoms with Crippen molar-refractivity contribution in [2.45, 2.75) is 52.7 Å². The molecule has 2 rings (SSSR count). The van der Waals surface area contributed by atoms with E-state index in [4.69, 9.17) is 0 Å². The second-order valence-electron chi connectivity index (χ2n) is 7.16. The highest BCUT2D eigenvalue weighted by Crippen LogP contribution is 2.21. The Morgan fingerprint density at radius 1 is 1.16 bits per heavy atom. The predicted octanol–water partition coefficient (Wildman–Crippen LogP) is 3.42. The Morgan fingerprint density at radius 3 is 2.37 bits per heavy atom. The summed E-state index contributed by atoms with van der Waals surface area (Å²) in [6.45, 7) is 10.1. The van der Waals surface area contributed by atoms with E-state index in [1.807, 2.05) is 0 Å². The first-order chi connectivity index (χ1) is 8.94. The summed E-state index contributed by atoms with van der Waals surface area (Å²) in [5.41, 5.74) is 3.27. The molecule has 1 aromatic rings. The summed E-state index contributed by atoms with van der Waals surface area (Å²) >= 11 is 0. The standard InChI is InChI=1S/C17H28N2/c1-17(2,3)13-19(4)12-15-8-6-5-7-14(15)11-18-16-9-10-16/h5-8,16,18H,9-13H2,1-4H3. The van der Waals surface area contributed by atoms with Crippen molar-refractivity contribution in [2.24, 2.45) is 5.41 Å². The van der Waals surface area contributed by atoms with Gasteiger partial charge < -0.3 is 10.2 Å². The molecule has 1 fully saturated rings.